The summed E-state index contributed by atoms with van der Waals surface area (Å²) in [7, 11) is -2.57. The first-order chi connectivity index (χ1) is 16.2. The molecule has 3 rings (SSSR count). The summed E-state index contributed by atoms with van der Waals surface area (Å²) in [5.74, 6) is -0.896. The Bertz CT molecular complexity index is 1240. The third-order valence-corrected chi connectivity index (χ3v) is 7.33. The Morgan fingerprint density at radius 3 is 2.15 bits per heavy atom. The predicted octanol–water partition coefficient (Wildman–Crippen LogP) is 3.70. The standard InChI is InChI=1S/C25H26ClN3O4S/c1-19(25(31)27-2)28(17-20-10-9-11-21(26)16-20)24(30)18-29(22-12-5-3-6-13-22)34(32,33)23-14-7-4-8-15-23/h3-16,19H,17-18H2,1-2H3,(H,27,31)/t19-/m1/s1. The van der Waals surface area contributed by atoms with Gasteiger partial charge in [-0.1, -0.05) is 60.1 Å². The molecule has 0 heterocycles. The SMILES string of the molecule is CNC(=O)[C@@H](C)N(Cc1cccc(Cl)c1)C(=O)CN(c1ccccc1)S(=O)(=O)c1ccccc1. The maximum Gasteiger partial charge on any atom is 0.264 e. The maximum atomic E-state index is 13.6. The molecule has 0 unspecified atom stereocenters. The van der Waals surface area contributed by atoms with E-state index in [0.29, 0.717) is 16.3 Å². The van der Waals surface area contributed by atoms with E-state index in [1.54, 1.807) is 79.7 Å². The zero-order valence-corrected chi connectivity index (χ0v) is 20.5. The highest BCUT2D eigenvalue weighted by Gasteiger charge is 2.32. The number of nitrogens with zero attached hydrogens (tertiary/aromatic N) is 2. The minimum absolute atomic E-state index is 0.0624. The van der Waals surface area contributed by atoms with Crippen LogP contribution >= 0.6 is 11.6 Å². The summed E-state index contributed by atoms with van der Waals surface area (Å²) in [6.07, 6.45) is 0. The first-order valence-corrected chi connectivity index (χ1v) is 12.4. The van der Waals surface area contributed by atoms with Crippen LogP contribution in [0, 0.1) is 0 Å². The molecule has 0 aromatic heterocycles. The quantitative estimate of drug-likeness (QED) is 0.486. The molecule has 3 aromatic carbocycles. The van der Waals surface area contributed by atoms with Gasteiger partial charge in [0.25, 0.3) is 10.0 Å². The van der Waals surface area contributed by atoms with Crippen molar-refractivity contribution in [1.82, 2.24) is 10.2 Å². The molecule has 0 saturated heterocycles. The van der Waals surface area contributed by atoms with Crippen LogP contribution in [0.3, 0.4) is 0 Å². The summed E-state index contributed by atoms with van der Waals surface area (Å²) in [5.41, 5.74) is 1.06. The van der Waals surface area contributed by atoms with Gasteiger partial charge >= 0.3 is 0 Å². The summed E-state index contributed by atoms with van der Waals surface area (Å²) >= 11 is 6.10. The molecule has 0 aliphatic carbocycles. The molecule has 0 spiro atoms. The number of hydrogen-bond acceptors (Lipinski definition) is 4. The molecule has 1 atom stereocenters. The van der Waals surface area contributed by atoms with E-state index in [1.807, 2.05) is 0 Å². The van der Waals surface area contributed by atoms with Crippen molar-refractivity contribution < 1.29 is 18.0 Å². The van der Waals surface area contributed by atoms with Crippen LogP contribution < -0.4 is 9.62 Å². The second-order valence-electron chi connectivity index (χ2n) is 7.60. The average molecular weight is 500 g/mol. The number of carbonyl (C=O) groups excluding carboxylic acids is 2. The van der Waals surface area contributed by atoms with Crippen molar-refractivity contribution in [1.29, 1.82) is 0 Å². The van der Waals surface area contributed by atoms with E-state index in [-0.39, 0.29) is 17.3 Å². The maximum absolute atomic E-state index is 13.6. The van der Waals surface area contributed by atoms with E-state index in [9.17, 15) is 18.0 Å². The third kappa shape index (κ3) is 5.95. The number of halogens is 1. The Morgan fingerprint density at radius 2 is 1.56 bits per heavy atom. The Kier molecular flexibility index (Phi) is 8.31. The molecule has 0 aliphatic heterocycles. The highest BCUT2D eigenvalue weighted by Crippen LogP contribution is 2.24. The first-order valence-electron chi connectivity index (χ1n) is 10.6. The van der Waals surface area contributed by atoms with Crippen LogP contribution in [0.4, 0.5) is 5.69 Å². The van der Waals surface area contributed by atoms with Crippen LogP contribution in [0.5, 0.6) is 0 Å². The largest absolute Gasteiger partial charge is 0.357 e. The summed E-state index contributed by atoms with van der Waals surface area (Å²) in [4.78, 5) is 27.4. The third-order valence-electron chi connectivity index (χ3n) is 5.31. The van der Waals surface area contributed by atoms with Crippen molar-refractivity contribution in [3.8, 4) is 0 Å². The highest BCUT2D eigenvalue weighted by atomic mass is 35.5. The topological polar surface area (TPSA) is 86.8 Å². The van der Waals surface area contributed by atoms with Gasteiger partial charge in [0.05, 0.1) is 10.6 Å². The molecule has 0 bridgehead atoms. The van der Waals surface area contributed by atoms with Crippen LogP contribution in [0.25, 0.3) is 0 Å². The van der Waals surface area contributed by atoms with E-state index in [4.69, 9.17) is 11.6 Å². The molecular weight excluding hydrogens is 474 g/mol. The van der Waals surface area contributed by atoms with Gasteiger partial charge in [0, 0.05) is 18.6 Å². The lowest BCUT2D eigenvalue weighted by Crippen LogP contribution is -2.50. The van der Waals surface area contributed by atoms with Gasteiger partial charge in [-0.3, -0.25) is 13.9 Å². The summed E-state index contributed by atoms with van der Waals surface area (Å²) in [6.45, 7) is 1.20. The van der Waals surface area contributed by atoms with E-state index in [1.165, 1.54) is 24.1 Å². The Morgan fingerprint density at radius 1 is 0.941 bits per heavy atom. The van der Waals surface area contributed by atoms with Gasteiger partial charge in [-0.15, -0.1) is 0 Å². The van der Waals surface area contributed by atoms with E-state index < -0.39 is 28.5 Å². The summed E-state index contributed by atoms with van der Waals surface area (Å²) < 4.78 is 28.1. The molecule has 0 aliphatic rings. The number of amides is 2. The minimum Gasteiger partial charge on any atom is -0.357 e. The van der Waals surface area contributed by atoms with Gasteiger partial charge in [0.15, 0.2) is 0 Å². The molecule has 3 aromatic rings. The number of hydrogen-bond donors (Lipinski definition) is 1. The molecule has 178 valence electrons. The number of anilines is 1. The monoisotopic (exact) mass is 499 g/mol. The van der Waals surface area contributed by atoms with Crippen molar-refractivity contribution in [2.45, 2.75) is 24.4 Å². The van der Waals surface area contributed by atoms with Gasteiger partial charge in [-0.25, -0.2) is 8.42 Å². The fourth-order valence-electron chi connectivity index (χ4n) is 3.47. The predicted molar refractivity (Wildman–Crippen MR) is 133 cm³/mol. The Labute approximate surface area is 205 Å². The van der Waals surface area contributed by atoms with Crippen LogP contribution in [0.1, 0.15) is 12.5 Å². The Balaban J connectivity index is 1.99. The van der Waals surface area contributed by atoms with Gasteiger partial charge in [-0.05, 0) is 48.9 Å². The van der Waals surface area contributed by atoms with Crippen molar-refractivity contribution >= 4 is 39.1 Å². The van der Waals surface area contributed by atoms with E-state index >= 15 is 0 Å². The van der Waals surface area contributed by atoms with Crippen LogP contribution in [-0.2, 0) is 26.2 Å². The minimum atomic E-state index is -4.05. The highest BCUT2D eigenvalue weighted by molar-refractivity contribution is 7.92. The molecule has 0 radical (unpaired) electrons. The van der Waals surface area contributed by atoms with Crippen LogP contribution in [-0.4, -0.2) is 44.8 Å². The fourth-order valence-corrected chi connectivity index (χ4v) is 5.11. The number of sulfonamides is 1. The van der Waals surface area contributed by atoms with Crippen molar-refractivity contribution in [3.63, 3.8) is 0 Å². The van der Waals surface area contributed by atoms with E-state index in [2.05, 4.69) is 5.32 Å². The second-order valence-corrected chi connectivity index (χ2v) is 9.90. The van der Waals surface area contributed by atoms with E-state index in [0.717, 1.165) is 4.31 Å². The normalized spacial score (nSPS) is 12.0. The number of carbonyl (C=O) groups is 2. The Hall–Kier alpha value is -3.36. The molecule has 0 saturated carbocycles. The van der Waals surface area contributed by atoms with Crippen LogP contribution in [0.2, 0.25) is 5.02 Å². The van der Waals surface area contributed by atoms with Crippen molar-refractivity contribution in [3.05, 3.63) is 95.5 Å². The van der Waals surface area contributed by atoms with Crippen molar-refractivity contribution in [2.75, 3.05) is 17.9 Å². The van der Waals surface area contributed by atoms with Gasteiger partial charge in [-0.2, -0.15) is 0 Å². The molecular formula is C25H26ClN3O4S. The summed E-state index contributed by atoms with van der Waals surface area (Å²) in [6, 6.07) is 22.4. The number of para-hydroxylation sites is 1. The fraction of sp³-hybridized carbons (Fsp3) is 0.200. The molecule has 0 fully saturated rings. The molecule has 7 nitrogen and oxygen atoms in total. The molecule has 1 N–H and O–H groups in total. The molecule has 34 heavy (non-hydrogen) atoms. The first kappa shape index (κ1) is 25.3. The van der Waals surface area contributed by atoms with Crippen LogP contribution in [0.15, 0.2) is 89.8 Å². The number of nitrogens with one attached hydrogen (secondary N) is 1. The lowest BCUT2D eigenvalue weighted by atomic mass is 10.1. The smallest absolute Gasteiger partial charge is 0.264 e. The molecule has 2 amide bonds. The lowest BCUT2D eigenvalue weighted by molar-refractivity contribution is -0.139. The zero-order valence-electron chi connectivity index (χ0n) is 18.9. The average Bonchev–Trinajstić information content (AvgIpc) is 2.85. The molecule has 9 heteroatoms. The number of likely N-dealkylation sites (N-methyl/N-ethyl adjacent to an activating group) is 1. The van der Waals surface area contributed by atoms with Gasteiger partial charge in [0.2, 0.25) is 11.8 Å². The van der Waals surface area contributed by atoms with Gasteiger partial charge in [0.1, 0.15) is 12.6 Å². The number of rotatable bonds is 9. The van der Waals surface area contributed by atoms with Gasteiger partial charge < -0.3 is 10.2 Å². The van der Waals surface area contributed by atoms with Crippen molar-refractivity contribution in [2.24, 2.45) is 0 Å². The lowest BCUT2D eigenvalue weighted by Gasteiger charge is -2.31. The second kappa shape index (κ2) is 11.2. The summed E-state index contributed by atoms with van der Waals surface area (Å²) in [5, 5.41) is 3.04. The zero-order chi connectivity index (χ0) is 24.7. The number of benzene rings is 3.